The molecule has 0 atom stereocenters. The minimum atomic E-state index is 0.626. The van der Waals surface area contributed by atoms with Gasteiger partial charge in [-0.1, -0.05) is 25.2 Å². The smallest absolute Gasteiger partial charge is 0.182 e. The quantitative estimate of drug-likeness (QED) is 0.655. The standard InChI is InChI=1S/C12H22N2O2S/c1-3-5-13-12-14-9-11(17-12)10-16-8-7-15-6-4-2/h9H,3-8,10H2,1-2H3,(H,13,14). The van der Waals surface area contributed by atoms with Crippen molar-refractivity contribution in [3.05, 3.63) is 11.1 Å². The van der Waals surface area contributed by atoms with E-state index in [4.69, 9.17) is 9.47 Å². The minimum absolute atomic E-state index is 0.626. The van der Waals surface area contributed by atoms with Gasteiger partial charge in [-0.15, -0.1) is 0 Å². The summed E-state index contributed by atoms with van der Waals surface area (Å²) < 4.78 is 10.8. The third-order valence-electron chi connectivity index (χ3n) is 2.04. The van der Waals surface area contributed by atoms with E-state index in [1.54, 1.807) is 11.3 Å². The topological polar surface area (TPSA) is 43.4 Å². The fourth-order valence-corrected chi connectivity index (χ4v) is 2.00. The highest BCUT2D eigenvalue weighted by Crippen LogP contribution is 2.18. The number of aromatic nitrogens is 1. The lowest BCUT2D eigenvalue weighted by Gasteiger charge is -2.03. The molecule has 17 heavy (non-hydrogen) atoms. The molecule has 1 rings (SSSR count). The average molecular weight is 258 g/mol. The number of anilines is 1. The number of hydrogen-bond acceptors (Lipinski definition) is 5. The summed E-state index contributed by atoms with van der Waals surface area (Å²) >= 11 is 1.65. The fourth-order valence-electron chi connectivity index (χ4n) is 1.22. The Morgan fingerprint density at radius 3 is 2.76 bits per heavy atom. The Labute approximate surface area is 107 Å². The molecular formula is C12H22N2O2S. The first-order chi connectivity index (χ1) is 8.36. The third-order valence-corrected chi connectivity index (χ3v) is 2.97. The van der Waals surface area contributed by atoms with E-state index in [1.807, 2.05) is 6.20 Å². The van der Waals surface area contributed by atoms with E-state index >= 15 is 0 Å². The molecule has 0 bridgehead atoms. The monoisotopic (exact) mass is 258 g/mol. The van der Waals surface area contributed by atoms with E-state index in [0.717, 1.165) is 36.0 Å². The van der Waals surface area contributed by atoms with Crippen LogP contribution in [0.4, 0.5) is 5.13 Å². The predicted octanol–water partition coefficient (Wildman–Crippen LogP) is 2.91. The van der Waals surface area contributed by atoms with Crippen molar-refractivity contribution in [1.29, 1.82) is 0 Å². The summed E-state index contributed by atoms with van der Waals surface area (Å²) in [5, 5.41) is 4.24. The molecular weight excluding hydrogens is 236 g/mol. The maximum Gasteiger partial charge on any atom is 0.182 e. The first kappa shape index (κ1) is 14.4. The molecule has 0 aromatic carbocycles. The second kappa shape index (κ2) is 9.39. The molecule has 1 heterocycles. The average Bonchev–Trinajstić information content (AvgIpc) is 2.79. The molecule has 0 aliphatic rings. The van der Waals surface area contributed by atoms with Crippen LogP contribution in [0.2, 0.25) is 0 Å². The van der Waals surface area contributed by atoms with Gasteiger partial charge < -0.3 is 14.8 Å². The van der Waals surface area contributed by atoms with Crippen LogP contribution in [0.3, 0.4) is 0 Å². The zero-order valence-electron chi connectivity index (χ0n) is 10.7. The summed E-state index contributed by atoms with van der Waals surface area (Å²) in [6.07, 6.45) is 4.04. The molecule has 0 saturated carbocycles. The van der Waals surface area contributed by atoms with Gasteiger partial charge in [-0.3, -0.25) is 0 Å². The van der Waals surface area contributed by atoms with Crippen LogP contribution in [0.5, 0.6) is 0 Å². The zero-order chi connectivity index (χ0) is 12.3. The number of thiazole rings is 1. The Hall–Kier alpha value is -0.650. The summed E-state index contributed by atoms with van der Waals surface area (Å²) in [4.78, 5) is 5.43. The Bertz CT molecular complexity index is 292. The highest BCUT2D eigenvalue weighted by molar-refractivity contribution is 7.15. The SMILES string of the molecule is CCCNc1ncc(COCCOCCC)s1. The van der Waals surface area contributed by atoms with Gasteiger partial charge in [0.1, 0.15) is 0 Å². The Kier molecular flexibility index (Phi) is 7.96. The van der Waals surface area contributed by atoms with Gasteiger partial charge in [0.05, 0.1) is 24.7 Å². The van der Waals surface area contributed by atoms with E-state index in [9.17, 15) is 0 Å². The number of rotatable bonds is 10. The second-order valence-electron chi connectivity index (χ2n) is 3.72. The van der Waals surface area contributed by atoms with Gasteiger partial charge in [-0.25, -0.2) is 4.98 Å². The first-order valence-electron chi connectivity index (χ1n) is 6.20. The number of ether oxygens (including phenoxy) is 2. The van der Waals surface area contributed by atoms with Gasteiger partial charge in [0.2, 0.25) is 0 Å². The fraction of sp³-hybridized carbons (Fsp3) is 0.750. The van der Waals surface area contributed by atoms with Crippen molar-refractivity contribution >= 4 is 16.5 Å². The van der Waals surface area contributed by atoms with E-state index in [0.29, 0.717) is 19.8 Å². The van der Waals surface area contributed by atoms with Crippen molar-refractivity contribution in [3.8, 4) is 0 Å². The lowest BCUT2D eigenvalue weighted by Crippen LogP contribution is -2.04. The van der Waals surface area contributed by atoms with E-state index in [2.05, 4.69) is 24.1 Å². The van der Waals surface area contributed by atoms with Gasteiger partial charge in [0.25, 0.3) is 0 Å². The van der Waals surface area contributed by atoms with Crippen LogP contribution in [0.1, 0.15) is 31.6 Å². The highest BCUT2D eigenvalue weighted by atomic mass is 32.1. The lowest BCUT2D eigenvalue weighted by molar-refractivity contribution is 0.0417. The van der Waals surface area contributed by atoms with E-state index in [1.165, 1.54) is 0 Å². The summed E-state index contributed by atoms with van der Waals surface area (Å²) in [7, 11) is 0. The first-order valence-corrected chi connectivity index (χ1v) is 7.02. The van der Waals surface area contributed by atoms with Crippen LogP contribution in [0, 0.1) is 0 Å². The van der Waals surface area contributed by atoms with Crippen LogP contribution < -0.4 is 5.32 Å². The van der Waals surface area contributed by atoms with Crippen molar-refractivity contribution in [1.82, 2.24) is 4.98 Å². The molecule has 98 valence electrons. The van der Waals surface area contributed by atoms with E-state index < -0.39 is 0 Å². The molecule has 0 radical (unpaired) electrons. The molecule has 0 amide bonds. The van der Waals surface area contributed by atoms with Crippen LogP contribution >= 0.6 is 11.3 Å². The van der Waals surface area contributed by atoms with Crippen molar-refractivity contribution < 1.29 is 9.47 Å². The number of hydrogen-bond donors (Lipinski definition) is 1. The maximum absolute atomic E-state index is 5.50. The largest absolute Gasteiger partial charge is 0.379 e. The number of nitrogens with zero attached hydrogens (tertiary/aromatic N) is 1. The molecule has 5 heteroatoms. The van der Waals surface area contributed by atoms with Gasteiger partial charge >= 0.3 is 0 Å². The number of nitrogens with one attached hydrogen (secondary N) is 1. The van der Waals surface area contributed by atoms with Gasteiger partial charge in [0, 0.05) is 19.3 Å². The molecule has 0 saturated heterocycles. The van der Waals surface area contributed by atoms with Crippen molar-refractivity contribution in [2.75, 3.05) is 31.7 Å². The van der Waals surface area contributed by atoms with Gasteiger partial charge in [-0.05, 0) is 12.8 Å². The normalized spacial score (nSPS) is 10.7. The second-order valence-corrected chi connectivity index (χ2v) is 4.84. The minimum Gasteiger partial charge on any atom is -0.379 e. The van der Waals surface area contributed by atoms with Crippen LogP contribution in [-0.2, 0) is 16.1 Å². The third kappa shape index (κ3) is 6.61. The van der Waals surface area contributed by atoms with Crippen LogP contribution in [0.15, 0.2) is 6.20 Å². The van der Waals surface area contributed by atoms with Gasteiger partial charge in [0.15, 0.2) is 5.13 Å². The zero-order valence-corrected chi connectivity index (χ0v) is 11.5. The van der Waals surface area contributed by atoms with Crippen molar-refractivity contribution in [2.24, 2.45) is 0 Å². The molecule has 4 nitrogen and oxygen atoms in total. The van der Waals surface area contributed by atoms with E-state index in [-0.39, 0.29) is 0 Å². The molecule has 1 aromatic heterocycles. The van der Waals surface area contributed by atoms with Crippen molar-refractivity contribution in [2.45, 2.75) is 33.3 Å². The van der Waals surface area contributed by atoms with Crippen molar-refractivity contribution in [3.63, 3.8) is 0 Å². The summed E-state index contributed by atoms with van der Waals surface area (Å²) in [6.45, 7) is 7.97. The molecule has 0 aliphatic heterocycles. The highest BCUT2D eigenvalue weighted by Gasteiger charge is 2.00. The molecule has 0 spiro atoms. The summed E-state index contributed by atoms with van der Waals surface area (Å²) in [5.41, 5.74) is 0. The molecule has 0 aliphatic carbocycles. The van der Waals surface area contributed by atoms with Crippen LogP contribution in [0.25, 0.3) is 0 Å². The Morgan fingerprint density at radius 2 is 2.00 bits per heavy atom. The molecule has 0 fully saturated rings. The van der Waals surface area contributed by atoms with Crippen LogP contribution in [-0.4, -0.2) is 31.3 Å². The maximum atomic E-state index is 5.50. The molecule has 1 N–H and O–H groups in total. The molecule has 0 unspecified atom stereocenters. The Balaban J connectivity index is 2.08. The Morgan fingerprint density at radius 1 is 1.18 bits per heavy atom. The molecule has 1 aromatic rings. The summed E-state index contributed by atoms with van der Waals surface area (Å²) in [6, 6.07) is 0. The summed E-state index contributed by atoms with van der Waals surface area (Å²) in [5.74, 6) is 0. The van der Waals surface area contributed by atoms with Gasteiger partial charge in [-0.2, -0.15) is 0 Å². The lowest BCUT2D eigenvalue weighted by atomic mass is 10.5. The predicted molar refractivity (Wildman–Crippen MR) is 71.7 cm³/mol.